The van der Waals surface area contributed by atoms with Gasteiger partial charge in [-0.25, -0.2) is 10.4 Å². The smallest absolute Gasteiger partial charge is 0.248 e. The van der Waals surface area contributed by atoms with E-state index in [1.165, 1.54) is 0 Å². The summed E-state index contributed by atoms with van der Waals surface area (Å²) in [6.45, 7) is 1.98. The van der Waals surface area contributed by atoms with Gasteiger partial charge in [-0.2, -0.15) is 5.10 Å². The van der Waals surface area contributed by atoms with Crippen LogP contribution in [0.25, 0.3) is 16.5 Å². The summed E-state index contributed by atoms with van der Waals surface area (Å²) in [6, 6.07) is 5.25. The minimum atomic E-state index is -0.452. The number of nitrogens with one attached hydrogen (secondary N) is 2. The van der Waals surface area contributed by atoms with Crippen LogP contribution in [0.1, 0.15) is 23.0 Å². The number of nitrogens with two attached hydrogens (primary N) is 1. The fourth-order valence-electron chi connectivity index (χ4n) is 2.66. The maximum absolute atomic E-state index is 11.4. The second-order valence-electron chi connectivity index (χ2n) is 5.28. The number of allylic oxidation sites excluding steroid dienone is 2. The molecular weight excluding hydrogens is 280 g/mol. The number of amides is 1. The van der Waals surface area contributed by atoms with E-state index in [9.17, 15) is 4.79 Å². The van der Waals surface area contributed by atoms with Crippen LogP contribution in [0.2, 0.25) is 0 Å². The average molecular weight is 294 g/mol. The van der Waals surface area contributed by atoms with Crippen molar-refractivity contribution in [1.82, 2.24) is 20.6 Å². The number of hydrazine groups is 1. The maximum atomic E-state index is 11.4. The molecule has 1 amide bonds. The lowest BCUT2D eigenvalue weighted by atomic mass is 10.0. The van der Waals surface area contributed by atoms with Crippen molar-refractivity contribution in [2.24, 2.45) is 10.7 Å². The number of primary amides is 1. The topological polar surface area (TPSA) is 99.4 Å². The van der Waals surface area contributed by atoms with Crippen LogP contribution in [0.3, 0.4) is 0 Å². The Hall–Kier alpha value is -2.93. The molecule has 1 aromatic heterocycles. The number of aromatic nitrogens is 2. The molecule has 7 nitrogen and oxygen atoms in total. The minimum absolute atomic E-state index is 0.0487. The van der Waals surface area contributed by atoms with Crippen LogP contribution in [-0.4, -0.2) is 33.1 Å². The molecule has 0 spiro atoms. The monoisotopic (exact) mass is 294 g/mol. The van der Waals surface area contributed by atoms with Gasteiger partial charge in [-0.1, -0.05) is 0 Å². The fourth-order valence-corrected chi connectivity index (χ4v) is 2.66. The van der Waals surface area contributed by atoms with Gasteiger partial charge in [-0.15, -0.1) is 0 Å². The molecule has 4 N–H and O–H groups in total. The maximum Gasteiger partial charge on any atom is 0.248 e. The third-order valence-electron chi connectivity index (χ3n) is 3.70. The van der Waals surface area contributed by atoms with E-state index < -0.39 is 5.91 Å². The van der Waals surface area contributed by atoms with Gasteiger partial charge < -0.3 is 5.73 Å². The van der Waals surface area contributed by atoms with E-state index >= 15 is 0 Å². The van der Waals surface area contributed by atoms with Gasteiger partial charge in [-0.05, 0) is 37.3 Å². The van der Waals surface area contributed by atoms with E-state index in [1.54, 1.807) is 12.1 Å². The molecule has 3 heterocycles. The van der Waals surface area contributed by atoms with Crippen LogP contribution < -0.4 is 11.2 Å². The average Bonchev–Trinajstić information content (AvgIpc) is 3.07. The number of hydrogen-bond acceptors (Lipinski definition) is 5. The zero-order valence-electron chi connectivity index (χ0n) is 11.9. The number of rotatable bonds is 2. The molecule has 2 aliphatic rings. The van der Waals surface area contributed by atoms with Gasteiger partial charge >= 0.3 is 0 Å². The molecule has 22 heavy (non-hydrogen) atoms. The van der Waals surface area contributed by atoms with Crippen molar-refractivity contribution in [2.45, 2.75) is 13.1 Å². The fraction of sp³-hybridized carbons (Fsp3) is 0.133. The number of benzene rings is 1. The van der Waals surface area contributed by atoms with Gasteiger partial charge in [0.2, 0.25) is 5.91 Å². The minimum Gasteiger partial charge on any atom is -0.366 e. The quantitative estimate of drug-likeness (QED) is 0.773. The molecule has 2 aromatic rings. The highest BCUT2D eigenvalue weighted by Crippen LogP contribution is 2.27. The van der Waals surface area contributed by atoms with Gasteiger partial charge in [0.25, 0.3) is 0 Å². The SMILES string of the molecule is CC1N=C2C=CC(c3n[nH]c4ccc(C(N)=O)cc34)=CN2N1. The summed E-state index contributed by atoms with van der Waals surface area (Å²) < 4.78 is 0. The first-order valence-electron chi connectivity index (χ1n) is 6.93. The van der Waals surface area contributed by atoms with E-state index in [-0.39, 0.29) is 6.17 Å². The van der Waals surface area contributed by atoms with Crippen LogP contribution in [-0.2, 0) is 0 Å². The first-order chi connectivity index (χ1) is 10.6. The van der Waals surface area contributed by atoms with Crippen molar-refractivity contribution < 1.29 is 4.79 Å². The van der Waals surface area contributed by atoms with Crippen LogP contribution in [0.5, 0.6) is 0 Å². The molecule has 0 fully saturated rings. The molecule has 110 valence electrons. The van der Waals surface area contributed by atoms with Crippen molar-refractivity contribution >= 4 is 28.2 Å². The van der Waals surface area contributed by atoms with Gasteiger partial charge in [0.05, 0.1) is 5.52 Å². The number of nitrogens with zero attached hydrogens (tertiary/aromatic N) is 3. The van der Waals surface area contributed by atoms with E-state index in [1.807, 2.05) is 36.4 Å². The molecule has 1 atom stereocenters. The van der Waals surface area contributed by atoms with Crippen molar-refractivity contribution in [3.05, 3.63) is 47.8 Å². The van der Waals surface area contributed by atoms with E-state index in [4.69, 9.17) is 5.73 Å². The number of aromatic amines is 1. The van der Waals surface area contributed by atoms with Crippen LogP contribution in [0.4, 0.5) is 0 Å². The van der Waals surface area contributed by atoms with E-state index in [2.05, 4.69) is 20.6 Å². The Morgan fingerprint density at radius 2 is 2.23 bits per heavy atom. The summed E-state index contributed by atoms with van der Waals surface area (Å²) >= 11 is 0. The summed E-state index contributed by atoms with van der Waals surface area (Å²) in [7, 11) is 0. The third-order valence-corrected chi connectivity index (χ3v) is 3.70. The Bertz CT molecular complexity index is 875. The molecule has 0 saturated carbocycles. The summed E-state index contributed by atoms with van der Waals surface area (Å²) in [5.41, 5.74) is 11.6. The van der Waals surface area contributed by atoms with E-state index in [0.717, 1.165) is 28.0 Å². The summed E-state index contributed by atoms with van der Waals surface area (Å²) in [5.74, 6) is 0.417. The number of carbonyl (C=O) groups is 1. The molecule has 1 aromatic carbocycles. The van der Waals surface area contributed by atoms with Gasteiger partial charge in [0, 0.05) is 22.7 Å². The number of hydrogen-bond donors (Lipinski definition) is 3. The second-order valence-corrected chi connectivity index (χ2v) is 5.28. The molecule has 4 rings (SSSR count). The molecule has 0 radical (unpaired) electrons. The summed E-state index contributed by atoms with van der Waals surface area (Å²) in [4.78, 5) is 15.8. The van der Waals surface area contributed by atoms with Crippen LogP contribution in [0.15, 0.2) is 41.5 Å². The lowest BCUT2D eigenvalue weighted by molar-refractivity contribution is 0.100. The van der Waals surface area contributed by atoms with Gasteiger partial charge in [0.1, 0.15) is 17.7 Å². The zero-order valence-corrected chi connectivity index (χ0v) is 11.9. The lowest BCUT2D eigenvalue weighted by Crippen LogP contribution is -2.35. The van der Waals surface area contributed by atoms with Crippen molar-refractivity contribution in [3.63, 3.8) is 0 Å². The highest BCUT2D eigenvalue weighted by Gasteiger charge is 2.22. The Morgan fingerprint density at radius 1 is 1.36 bits per heavy atom. The number of H-pyrrole nitrogens is 1. The zero-order chi connectivity index (χ0) is 15.3. The normalized spacial score (nSPS) is 20.0. The molecular formula is C15H14N6O. The first kappa shape index (κ1) is 12.8. The number of fused-ring (bicyclic) bond motifs is 2. The highest BCUT2D eigenvalue weighted by atomic mass is 16.1. The van der Waals surface area contributed by atoms with Crippen molar-refractivity contribution in [3.8, 4) is 0 Å². The van der Waals surface area contributed by atoms with E-state index in [0.29, 0.717) is 5.56 Å². The van der Waals surface area contributed by atoms with Gasteiger partial charge in [-0.3, -0.25) is 14.9 Å². The third kappa shape index (κ3) is 1.91. The molecule has 2 aliphatic heterocycles. The number of amidine groups is 1. The van der Waals surface area contributed by atoms with Crippen molar-refractivity contribution in [2.75, 3.05) is 0 Å². The predicted octanol–water partition coefficient (Wildman–Crippen LogP) is 1.14. The Labute approximate surface area is 126 Å². The van der Waals surface area contributed by atoms with Crippen LogP contribution >= 0.6 is 0 Å². The predicted molar refractivity (Wildman–Crippen MR) is 83.6 cm³/mol. The number of aliphatic imine (C=N–C) groups is 1. The van der Waals surface area contributed by atoms with Crippen LogP contribution in [0, 0.1) is 0 Å². The summed E-state index contributed by atoms with van der Waals surface area (Å²) in [5, 5.41) is 10.1. The largest absolute Gasteiger partial charge is 0.366 e. The van der Waals surface area contributed by atoms with Crippen molar-refractivity contribution in [1.29, 1.82) is 0 Å². The molecule has 0 aliphatic carbocycles. The highest BCUT2D eigenvalue weighted by molar-refractivity contribution is 6.04. The lowest BCUT2D eigenvalue weighted by Gasteiger charge is -2.19. The standard InChI is InChI=1S/C15H14N6O/c1-8-17-13-5-3-10(7-21(13)20-8)14-11-6-9(15(16)22)2-4-12(11)18-19-14/h2-8,20H,1H3,(H2,16,22)(H,18,19). The Kier molecular flexibility index (Phi) is 2.64. The molecule has 0 saturated heterocycles. The Balaban J connectivity index is 1.80. The van der Waals surface area contributed by atoms with Gasteiger partial charge in [0.15, 0.2) is 0 Å². The molecule has 1 unspecified atom stereocenters. The molecule has 0 bridgehead atoms. The first-order valence-corrected chi connectivity index (χ1v) is 6.93. The second kappa shape index (κ2) is 4.54. The Morgan fingerprint density at radius 3 is 3.05 bits per heavy atom. The number of carbonyl (C=O) groups excluding carboxylic acids is 1. The summed E-state index contributed by atoms with van der Waals surface area (Å²) in [6.07, 6.45) is 5.88. The molecule has 7 heteroatoms.